The topological polar surface area (TPSA) is 38.8 Å². The third kappa shape index (κ3) is 2.77. The number of cyclic esters (lactones) is 1. The van der Waals surface area contributed by atoms with E-state index >= 15 is 0 Å². The van der Waals surface area contributed by atoms with E-state index in [0.717, 1.165) is 25.7 Å². The predicted octanol–water partition coefficient (Wildman–Crippen LogP) is 3.28. The van der Waals surface area contributed by atoms with Gasteiger partial charge < -0.3 is 9.47 Å². The lowest BCUT2D eigenvalue weighted by molar-refractivity contribution is -0.163. The van der Waals surface area contributed by atoms with Gasteiger partial charge in [0.1, 0.15) is 18.9 Å². The van der Waals surface area contributed by atoms with Crippen molar-refractivity contribution in [3.8, 4) is 0 Å². The Hall–Kier alpha value is -1.39. The molecular weight excluding hydrogens is 278 g/mol. The Balaban J connectivity index is 1.92. The number of rotatable bonds is 5. The van der Waals surface area contributed by atoms with Crippen LogP contribution in [0.4, 0.5) is 0 Å². The summed E-state index contributed by atoms with van der Waals surface area (Å²) in [7, 11) is 0. The van der Waals surface area contributed by atoms with Crippen LogP contribution in [0.3, 0.4) is 0 Å². The molecule has 1 unspecified atom stereocenters. The Kier molecular flexibility index (Phi) is 4.79. The second kappa shape index (κ2) is 6.80. The Bertz CT molecular complexity index is 504. The van der Waals surface area contributed by atoms with Crippen LogP contribution in [0.5, 0.6) is 0 Å². The maximum atomic E-state index is 12.3. The Morgan fingerprint density at radius 3 is 2.55 bits per heavy atom. The second-order valence-electron chi connectivity index (χ2n) is 6.16. The number of esters is 1. The molecule has 2 aliphatic heterocycles. The van der Waals surface area contributed by atoms with Crippen molar-refractivity contribution in [3.05, 3.63) is 35.9 Å². The van der Waals surface area contributed by atoms with Crippen molar-refractivity contribution < 1.29 is 14.3 Å². The lowest BCUT2D eigenvalue weighted by Crippen LogP contribution is -2.52. The van der Waals surface area contributed by atoms with E-state index in [9.17, 15) is 4.79 Å². The van der Waals surface area contributed by atoms with Crippen LogP contribution in [-0.4, -0.2) is 35.8 Å². The van der Waals surface area contributed by atoms with Gasteiger partial charge in [0.2, 0.25) is 0 Å². The average Bonchev–Trinajstić information content (AvgIpc) is 2.89. The Labute approximate surface area is 132 Å². The van der Waals surface area contributed by atoms with Crippen molar-refractivity contribution in [2.24, 2.45) is 0 Å². The summed E-state index contributed by atoms with van der Waals surface area (Å²) in [4.78, 5) is 14.6. The predicted molar refractivity (Wildman–Crippen MR) is 84.2 cm³/mol. The van der Waals surface area contributed by atoms with Crippen molar-refractivity contribution in [1.82, 2.24) is 4.90 Å². The van der Waals surface area contributed by atoms with Crippen LogP contribution in [0, 0.1) is 0 Å². The smallest absolute Gasteiger partial charge is 0.326 e. The van der Waals surface area contributed by atoms with Gasteiger partial charge in [-0.1, -0.05) is 57.0 Å². The lowest BCUT2D eigenvalue weighted by Gasteiger charge is -2.39. The molecule has 2 saturated heterocycles. The number of carbonyl (C=O) groups excluding carboxylic acids is 1. The van der Waals surface area contributed by atoms with Crippen LogP contribution >= 0.6 is 0 Å². The molecule has 0 spiro atoms. The summed E-state index contributed by atoms with van der Waals surface area (Å²) in [6.07, 6.45) is 3.89. The zero-order valence-electron chi connectivity index (χ0n) is 13.4. The largest absolute Gasteiger partial charge is 0.462 e. The van der Waals surface area contributed by atoms with Crippen molar-refractivity contribution in [1.29, 1.82) is 0 Å². The van der Waals surface area contributed by atoms with E-state index in [0.29, 0.717) is 6.61 Å². The fourth-order valence-electron chi connectivity index (χ4n) is 3.64. The number of benzene rings is 1. The highest BCUT2D eigenvalue weighted by Crippen LogP contribution is 2.39. The van der Waals surface area contributed by atoms with Crippen molar-refractivity contribution >= 4 is 5.97 Å². The first kappa shape index (κ1) is 15.5. The third-order valence-electron chi connectivity index (χ3n) is 4.62. The van der Waals surface area contributed by atoms with Gasteiger partial charge in [-0.15, -0.1) is 0 Å². The normalized spacial score (nSPS) is 31.8. The molecule has 4 heteroatoms. The monoisotopic (exact) mass is 303 g/mol. The summed E-state index contributed by atoms with van der Waals surface area (Å²) in [6.45, 7) is 4.71. The number of hydrogen-bond acceptors (Lipinski definition) is 4. The summed E-state index contributed by atoms with van der Waals surface area (Å²) >= 11 is 0. The maximum Gasteiger partial charge on any atom is 0.326 e. The molecule has 0 aliphatic carbocycles. The van der Waals surface area contributed by atoms with Crippen LogP contribution in [-0.2, 0) is 14.3 Å². The van der Waals surface area contributed by atoms with E-state index < -0.39 is 0 Å². The van der Waals surface area contributed by atoms with Crippen molar-refractivity contribution in [2.75, 3.05) is 6.61 Å². The molecule has 4 nitrogen and oxygen atoms in total. The Morgan fingerprint density at radius 1 is 1.14 bits per heavy atom. The summed E-state index contributed by atoms with van der Waals surface area (Å²) in [5, 5.41) is 0. The van der Waals surface area contributed by atoms with Gasteiger partial charge in [0.25, 0.3) is 0 Å². The van der Waals surface area contributed by atoms with Gasteiger partial charge in [0.15, 0.2) is 0 Å². The number of hydrogen-bond donors (Lipinski definition) is 0. The van der Waals surface area contributed by atoms with Gasteiger partial charge in [-0.2, -0.15) is 0 Å². The quantitative estimate of drug-likeness (QED) is 0.783. The minimum atomic E-state index is -0.254. The van der Waals surface area contributed by atoms with E-state index in [2.05, 4.69) is 30.9 Å². The SMILES string of the molecule is CCC[C@@H]1O[C@H](CCC)C2C(=O)OC[C@H](c3ccccc3)N21. The second-order valence-corrected chi connectivity index (χ2v) is 6.16. The molecule has 3 rings (SSSR count). The van der Waals surface area contributed by atoms with E-state index in [4.69, 9.17) is 9.47 Å². The zero-order valence-corrected chi connectivity index (χ0v) is 13.4. The zero-order chi connectivity index (χ0) is 15.5. The van der Waals surface area contributed by atoms with Crippen molar-refractivity contribution in [2.45, 2.75) is 63.9 Å². The van der Waals surface area contributed by atoms with Crippen LogP contribution < -0.4 is 0 Å². The average molecular weight is 303 g/mol. The number of fused-ring (bicyclic) bond motifs is 1. The number of ether oxygens (including phenoxy) is 2. The highest BCUT2D eigenvalue weighted by Gasteiger charge is 2.52. The number of carbonyl (C=O) groups is 1. The summed E-state index contributed by atoms with van der Waals surface area (Å²) < 4.78 is 11.7. The number of nitrogens with zero attached hydrogens (tertiary/aromatic N) is 1. The van der Waals surface area contributed by atoms with Gasteiger partial charge in [0.05, 0.1) is 12.1 Å². The molecule has 0 aromatic heterocycles. The van der Waals surface area contributed by atoms with Crippen molar-refractivity contribution in [3.63, 3.8) is 0 Å². The number of morpholine rings is 1. The molecule has 1 aromatic rings. The summed E-state index contributed by atoms with van der Waals surface area (Å²) in [5.74, 6) is -0.121. The van der Waals surface area contributed by atoms with Crippen LogP contribution in [0.2, 0.25) is 0 Å². The fourth-order valence-corrected chi connectivity index (χ4v) is 3.64. The molecule has 2 aliphatic rings. The fraction of sp³-hybridized carbons (Fsp3) is 0.611. The van der Waals surface area contributed by atoms with E-state index in [-0.39, 0.29) is 30.4 Å². The van der Waals surface area contributed by atoms with Crippen LogP contribution in [0.1, 0.15) is 51.1 Å². The molecule has 1 aromatic carbocycles. The maximum absolute atomic E-state index is 12.3. The summed E-state index contributed by atoms with van der Waals surface area (Å²) in [5.41, 5.74) is 1.20. The molecule has 0 bridgehead atoms. The minimum Gasteiger partial charge on any atom is -0.462 e. The molecule has 0 saturated carbocycles. The van der Waals surface area contributed by atoms with Gasteiger partial charge in [0, 0.05) is 0 Å². The molecule has 0 amide bonds. The molecule has 0 N–H and O–H groups in total. The molecule has 4 atom stereocenters. The van der Waals surface area contributed by atoms with E-state index in [1.807, 2.05) is 18.2 Å². The van der Waals surface area contributed by atoms with Crippen LogP contribution in [0.25, 0.3) is 0 Å². The summed E-state index contributed by atoms with van der Waals surface area (Å²) in [6, 6.07) is 10.2. The molecule has 0 radical (unpaired) electrons. The Morgan fingerprint density at radius 2 is 1.86 bits per heavy atom. The third-order valence-corrected chi connectivity index (χ3v) is 4.62. The highest BCUT2D eigenvalue weighted by molar-refractivity contribution is 5.78. The van der Waals surface area contributed by atoms with Gasteiger partial charge in [-0.05, 0) is 18.4 Å². The highest BCUT2D eigenvalue weighted by atomic mass is 16.6. The lowest BCUT2D eigenvalue weighted by atomic mass is 9.98. The standard InChI is InChI=1S/C18H25NO3/c1-3-8-15-17-18(20)21-12-14(13-10-6-5-7-11-13)19(17)16(22-15)9-4-2/h5-7,10-11,14-17H,3-4,8-9,12H2,1-2H3/t14-,15-,16+,17?/m1/s1. The molecule has 2 heterocycles. The molecule has 120 valence electrons. The minimum absolute atomic E-state index is 0.0182. The van der Waals surface area contributed by atoms with E-state index in [1.54, 1.807) is 0 Å². The van der Waals surface area contributed by atoms with Gasteiger partial charge in [-0.3, -0.25) is 9.69 Å². The first-order valence-corrected chi connectivity index (χ1v) is 8.40. The molecule has 22 heavy (non-hydrogen) atoms. The van der Waals surface area contributed by atoms with E-state index in [1.165, 1.54) is 5.56 Å². The van der Waals surface area contributed by atoms with Crippen LogP contribution in [0.15, 0.2) is 30.3 Å². The van der Waals surface area contributed by atoms with Gasteiger partial charge in [-0.25, -0.2) is 0 Å². The first-order valence-electron chi connectivity index (χ1n) is 8.40. The molecule has 2 fully saturated rings. The first-order chi connectivity index (χ1) is 10.8. The molecular formula is C18H25NO3. The van der Waals surface area contributed by atoms with Gasteiger partial charge >= 0.3 is 5.97 Å².